The van der Waals surface area contributed by atoms with Crippen LogP contribution in [0.15, 0.2) is 6.07 Å². The van der Waals surface area contributed by atoms with E-state index >= 15 is 0 Å². The summed E-state index contributed by atoms with van der Waals surface area (Å²) in [7, 11) is 3.98. The summed E-state index contributed by atoms with van der Waals surface area (Å²) in [6, 6.07) is 2.00. The molecule has 4 nitrogen and oxygen atoms in total. The topological polar surface area (TPSA) is 41.1 Å². The Bertz CT molecular complexity index is 329. The number of aromatic nitrogens is 2. The Hall–Kier alpha value is -1.32. The number of anilines is 2. The largest absolute Gasteiger partial charge is 0.373 e. The molecule has 0 aromatic carbocycles. The van der Waals surface area contributed by atoms with Crippen LogP contribution in [0.2, 0.25) is 0 Å². The second-order valence-electron chi connectivity index (χ2n) is 4.53. The van der Waals surface area contributed by atoms with Crippen LogP contribution in [0, 0.1) is 5.92 Å². The Kier molecular flexibility index (Phi) is 5.19. The van der Waals surface area contributed by atoms with Crippen molar-refractivity contribution in [3.63, 3.8) is 0 Å². The SMILES string of the molecule is CCc1nc(NC)cc(N(C)CC(C)CC)n1. The molecule has 0 aliphatic heterocycles. The van der Waals surface area contributed by atoms with Gasteiger partial charge in [-0.1, -0.05) is 27.2 Å². The maximum atomic E-state index is 4.56. The molecule has 96 valence electrons. The van der Waals surface area contributed by atoms with Gasteiger partial charge in [0, 0.05) is 33.1 Å². The first-order valence-corrected chi connectivity index (χ1v) is 6.37. The van der Waals surface area contributed by atoms with Crippen LogP contribution in [-0.4, -0.2) is 30.6 Å². The van der Waals surface area contributed by atoms with E-state index in [0.29, 0.717) is 5.92 Å². The molecule has 1 aromatic rings. The molecule has 1 unspecified atom stereocenters. The van der Waals surface area contributed by atoms with Crippen LogP contribution in [0.25, 0.3) is 0 Å². The molecule has 0 saturated heterocycles. The van der Waals surface area contributed by atoms with Crippen molar-refractivity contribution in [3.05, 3.63) is 11.9 Å². The number of aryl methyl sites for hydroxylation is 1. The van der Waals surface area contributed by atoms with E-state index in [4.69, 9.17) is 0 Å². The normalized spacial score (nSPS) is 12.3. The Morgan fingerprint density at radius 2 is 2.06 bits per heavy atom. The van der Waals surface area contributed by atoms with Crippen molar-refractivity contribution in [1.82, 2.24) is 9.97 Å². The molecule has 1 atom stereocenters. The van der Waals surface area contributed by atoms with Crippen molar-refractivity contribution in [2.24, 2.45) is 5.92 Å². The van der Waals surface area contributed by atoms with Crippen molar-refractivity contribution in [3.8, 4) is 0 Å². The fourth-order valence-electron chi connectivity index (χ4n) is 1.65. The predicted molar refractivity (Wildman–Crippen MR) is 73.7 cm³/mol. The predicted octanol–water partition coefficient (Wildman–Crippen LogP) is 2.56. The number of nitrogens with zero attached hydrogens (tertiary/aromatic N) is 3. The fraction of sp³-hybridized carbons (Fsp3) is 0.692. The van der Waals surface area contributed by atoms with Crippen LogP contribution >= 0.6 is 0 Å². The molecule has 0 saturated carbocycles. The van der Waals surface area contributed by atoms with Crippen LogP contribution in [0.3, 0.4) is 0 Å². The van der Waals surface area contributed by atoms with Gasteiger partial charge in [-0.3, -0.25) is 0 Å². The molecule has 0 fully saturated rings. The Labute approximate surface area is 104 Å². The molecule has 17 heavy (non-hydrogen) atoms. The minimum Gasteiger partial charge on any atom is -0.373 e. The summed E-state index contributed by atoms with van der Waals surface area (Å²) in [6.07, 6.45) is 2.05. The van der Waals surface area contributed by atoms with Gasteiger partial charge in [0.25, 0.3) is 0 Å². The summed E-state index contributed by atoms with van der Waals surface area (Å²) in [5, 5.41) is 3.09. The van der Waals surface area contributed by atoms with Gasteiger partial charge in [-0.05, 0) is 5.92 Å². The summed E-state index contributed by atoms with van der Waals surface area (Å²) >= 11 is 0. The first-order chi connectivity index (χ1) is 8.10. The number of hydrogen-bond donors (Lipinski definition) is 1. The van der Waals surface area contributed by atoms with E-state index in [1.54, 1.807) is 0 Å². The summed E-state index contributed by atoms with van der Waals surface area (Å²) in [5.41, 5.74) is 0. The van der Waals surface area contributed by atoms with Crippen molar-refractivity contribution >= 4 is 11.6 Å². The van der Waals surface area contributed by atoms with Crippen LogP contribution in [-0.2, 0) is 6.42 Å². The van der Waals surface area contributed by atoms with Crippen molar-refractivity contribution < 1.29 is 0 Å². The molecular formula is C13H24N4. The minimum absolute atomic E-state index is 0.679. The number of nitrogens with one attached hydrogen (secondary N) is 1. The lowest BCUT2D eigenvalue weighted by molar-refractivity contribution is 0.557. The summed E-state index contributed by atoms with van der Waals surface area (Å²) in [6.45, 7) is 7.58. The lowest BCUT2D eigenvalue weighted by Crippen LogP contribution is -2.25. The second-order valence-corrected chi connectivity index (χ2v) is 4.53. The number of hydrogen-bond acceptors (Lipinski definition) is 4. The lowest BCUT2D eigenvalue weighted by atomic mass is 10.1. The van der Waals surface area contributed by atoms with E-state index in [9.17, 15) is 0 Å². The second kappa shape index (κ2) is 6.42. The van der Waals surface area contributed by atoms with Crippen LogP contribution in [0.5, 0.6) is 0 Å². The highest BCUT2D eigenvalue weighted by Crippen LogP contribution is 2.16. The Balaban J connectivity index is 2.88. The van der Waals surface area contributed by atoms with Crippen molar-refractivity contribution in [2.75, 3.05) is 30.9 Å². The van der Waals surface area contributed by atoms with Gasteiger partial charge in [-0.25, -0.2) is 9.97 Å². The fourth-order valence-corrected chi connectivity index (χ4v) is 1.65. The summed E-state index contributed by atoms with van der Waals surface area (Å²) in [4.78, 5) is 11.2. The Morgan fingerprint density at radius 1 is 1.35 bits per heavy atom. The molecule has 1 N–H and O–H groups in total. The van der Waals surface area contributed by atoms with E-state index in [-0.39, 0.29) is 0 Å². The standard InChI is InChI=1S/C13H24N4/c1-6-10(3)9-17(5)13-8-12(14-4)15-11(7-2)16-13/h8,10H,6-7,9H2,1-5H3,(H,14,15,16). The van der Waals surface area contributed by atoms with E-state index in [1.807, 2.05) is 13.1 Å². The first-order valence-electron chi connectivity index (χ1n) is 6.37. The van der Waals surface area contributed by atoms with Gasteiger partial charge in [0.1, 0.15) is 17.5 Å². The molecule has 1 rings (SSSR count). The third kappa shape index (κ3) is 3.88. The quantitative estimate of drug-likeness (QED) is 0.824. The molecular weight excluding hydrogens is 212 g/mol. The summed E-state index contributed by atoms with van der Waals surface area (Å²) < 4.78 is 0. The van der Waals surface area contributed by atoms with Crippen LogP contribution in [0.4, 0.5) is 11.6 Å². The third-order valence-corrected chi connectivity index (χ3v) is 3.00. The minimum atomic E-state index is 0.679. The average Bonchev–Trinajstić information content (AvgIpc) is 2.37. The Morgan fingerprint density at radius 3 is 2.59 bits per heavy atom. The zero-order valence-corrected chi connectivity index (χ0v) is 11.6. The molecule has 0 radical (unpaired) electrons. The first kappa shape index (κ1) is 13.7. The zero-order valence-electron chi connectivity index (χ0n) is 11.6. The molecule has 4 heteroatoms. The summed E-state index contributed by atoms with van der Waals surface area (Å²) in [5.74, 6) is 3.46. The van der Waals surface area contributed by atoms with E-state index in [1.165, 1.54) is 6.42 Å². The smallest absolute Gasteiger partial charge is 0.134 e. The highest BCUT2D eigenvalue weighted by molar-refractivity contribution is 5.48. The van der Waals surface area contributed by atoms with Gasteiger partial charge >= 0.3 is 0 Å². The molecule has 0 bridgehead atoms. The lowest BCUT2D eigenvalue weighted by Gasteiger charge is -2.22. The molecule has 1 aromatic heterocycles. The average molecular weight is 236 g/mol. The molecule has 1 heterocycles. The van der Waals surface area contributed by atoms with Crippen molar-refractivity contribution in [2.45, 2.75) is 33.6 Å². The van der Waals surface area contributed by atoms with Crippen LogP contribution in [0.1, 0.15) is 33.0 Å². The molecule has 0 aliphatic carbocycles. The zero-order chi connectivity index (χ0) is 12.8. The highest BCUT2D eigenvalue weighted by Gasteiger charge is 2.09. The molecule has 0 amide bonds. The maximum absolute atomic E-state index is 4.56. The van der Waals surface area contributed by atoms with Crippen LogP contribution < -0.4 is 10.2 Å². The van der Waals surface area contributed by atoms with Gasteiger partial charge < -0.3 is 10.2 Å². The highest BCUT2D eigenvalue weighted by atomic mass is 15.2. The van der Waals surface area contributed by atoms with Gasteiger partial charge in [0.2, 0.25) is 0 Å². The van der Waals surface area contributed by atoms with E-state index in [0.717, 1.165) is 30.4 Å². The van der Waals surface area contributed by atoms with Gasteiger partial charge in [0.05, 0.1) is 0 Å². The van der Waals surface area contributed by atoms with Gasteiger partial charge in [-0.2, -0.15) is 0 Å². The van der Waals surface area contributed by atoms with Gasteiger partial charge in [0.15, 0.2) is 0 Å². The maximum Gasteiger partial charge on any atom is 0.134 e. The van der Waals surface area contributed by atoms with E-state index < -0.39 is 0 Å². The molecule has 0 aliphatic rings. The number of rotatable bonds is 6. The van der Waals surface area contributed by atoms with E-state index in [2.05, 4.69) is 48.0 Å². The monoisotopic (exact) mass is 236 g/mol. The molecule has 0 spiro atoms. The third-order valence-electron chi connectivity index (χ3n) is 3.00. The van der Waals surface area contributed by atoms with Gasteiger partial charge in [-0.15, -0.1) is 0 Å². The van der Waals surface area contributed by atoms with Crippen molar-refractivity contribution in [1.29, 1.82) is 0 Å².